The summed E-state index contributed by atoms with van der Waals surface area (Å²) in [4.78, 5) is 37.5. The highest BCUT2D eigenvalue weighted by Gasteiger charge is 2.22. The number of rotatable bonds is 68. The minimum Gasteiger partial charge on any atom is -0.545 e. The molecule has 0 N–H and O–H groups in total. The van der Waals surface area contributed by atoms with Crippen LogP contribution >= 0.6 is 0 Å². The first-order chi connectivity index (χ1) is 43.6. The van der Waals surface area contributed by atoms with E-state index in [2.05, 4.69) is 123 Å². The molecule has 0 fully saturated rings. The molecule has 512 valence electrons. The average Bonchev–Trinajstić information content (AvgIpc) is 3.64. The van der Waals surface area contributed by atoms with E-state index in [9.17, 15) is 19.5 Å². The Morgan fingerprint density at radius 2 is 0.607 bits per heavy atom. The van der Waals surface area contributed by atoms with Crippen molar-refractivity contribution in [3.63, 3.8) is 0 Å². The van der Waals surface area contributed by atoms with Gasteiger partial charge in [-0.2, -0.15) is 0 Å². The van der Waals surface area contributed by atoms with E-state index in [0.29, 0.717) is 17.4 Å². The van der Waals surface area contributed by atoms with Gasteiger partial charge in [0, 0.05) is 12.8 Å². The lowest BCUT2D eigenvalue weighted by atomic mass is 10.0. The van der Waals surface area contributed by atoms with Crippen LogP contribution in [0.25, 0.3) is 0 Å². The molecule has 0 bridgehead atoms. The number of ether oxygens (including phenoxy) is 4. The molecule has 0 aromatic heterocycles. The largest absolute Gasteiger partial charge is 0.545 e. The Kier molecular flexibility index (Phi) is 66.7. The van der Waals surface area contributed by atoms with Gasteiger partial charge >= 0.3 is 11.9 Å². The normalized spacial score (nSPS) is 13.3. The molecule has 2 atom stereocenters. The fourth-order valence-corrected chi connectivity index (χ4v) is 10.4. The van der Waals surface area contributed by atoms with Crippen molar-refractivity contribution in [3.05, 3.63) is 109 Å². The number of carbonyl (C=O) groups excluding carboxylic acids is 3. The molecule has 0 aliphatic carbocycles. The number of carboxylic acid groups (broad SMARTS) is 1. The van der Waals surface area contributed by atoms with Gasteiger partial charge in [-0.25, -0.2) is 0 Å². The smallest absolute Gasteiger partial charge is 0.306 e. The molecule has 0 amide bonds. The number of unbranched alkanes of at least 4 members (excludes halogenated alkanes) is 35. The number of hydrogen-bond donors (Lipinski definition) is 0. The number of carbonyl (C=O) groups is 3. The quantitative estimate of drug-likeness (QED) is 0.0195. The van der Waals surface area contributed by atoms with Crippen molar-refractivity contribution in [1.82, 2.24) is 0 Å². The highest BCUT2D eigenvalue weighted by atomic mass is 16.7. The molecule has 0 aromatic rings. The van der Waals surface area contributed by atoms with Gasteiger partial charge in [-0.3, -0.25) is 9.59 Å². The third-order valence-electron chi connectivity index (χ3n) is 16.0. The van der Waals surface area contributed by atoms with Crippen LogP contribution in [0.2, 0.25) is 0 Å². The standard InChI is InChI=1S/C80H139NO8/c1-6-8-10-12-14-16-18-20-22-24-26-28-30-31-32-33-34-35-36-37-38-39-40-41-42-43-44-45-46-47-49-50-52-54-56-58-60-62-64-66-68-70-77(82)87-74-76(75-88-80(79(84)85)86-73-72-81(3,4)5)89-78(83)71-69-67-65-63-61-59-57-55-53-51-48-29-27-25-23-21-19-17-15-13-11-9-7-2/h8-11,14-17,20-23,26-29,51,53,76,80H,6-7,12-13,18-19,24-25,30-50,52,54-75H2,1-5H3/b10-8-,11-9-,16-14-,17-15-,22-20-,23-21-,28-26-,29-27-,53-51-. The van der Waals surface area contributed by atoms with Gasteiger partial charge in [0.15, 0.2) is 12.4 Å². The van der Waals surface area contributed by atoms with Gasteiger partial charge in [-0.15, -0.1) is 0 Å². The number of hydrogen-bond acceptors (Lipinski definition) is 8. The number of allylic oxidation sites excluding steroid dienone is 18. The van der Waals surface area contributed by atoms with E-state index in [1.54, 1.807) is 0 Å². The molecule has 0 radical (unpaired) electrons. The molecule has 0 saturated carbocycles. The summed E-state index contributed by atoms with van der Waals surface area (Å²) < 4.78 is 22.8. The van der Waals surface area contributed by atoms with E-state index < -0.39 is 24.3 Å². The second-order valence-corrected chi connectivity index (χ2v) is 25.8. The van der Waals surface area contributed by atoms with Gasteiger partial charge in [0.25, 0.3) is 0 Å². The van der Waals surface area contributed by atoms with Crippen molar-refractivity contribution in [1.29, 1.82) is 0 Å². The number of nitrogens with zero attached hydrogens (tertiary/aromatic N) is 1. The summed E-state index contributed by atoms with van der Waals surface area (Å²) in [5.41, 5.74) is 0. The number of quaternary nitrogens is 1. The summed E-state index contributed by atoms with van der Waals surface area (Å²) in [6.45, 7) is 4.53. The Hall–Kier alpha value is -4.05. The molecule has 89 heavy (non-hydrogen) atoms. The Morgan fingerprint density at radius 1 is 0.337 bits per heavy atom. The maximum absolute atomic E-state index is 12.9. The maximum atomic E-state index is 12.9. The lowest BCUT2D eigenvalue weighted by Gasteiger charge is -2.26. The Labute approximate surface area is 549 Å². The minimum atomic E-state index is -1.63. The highest BCUT2D eigenvalue weighted by Crippen LogP contribution is 2.18. The van der Waals surface area contributed by atoms with Gasteiger partial charge in [0.2, 0.25) is 0 Å². The van der Waals surface area contributed by atoms with Gasteiger partial charge in [0.1, 0.15) is 13.2 Å². The average molecular weight is 1240 g/mol. The fourth-order valence-electron chi connectivity index (χ4n) is 10.4. The summed E-state index contributed by atoms with van der Waals surface area (Å²) in [6, 6.07) is 0. The van der Waals surface area contributed by atoms with Crippen LogP contribution in [0, 0.1) is 0 Å². The topological polar surface area (TPSA) is 111 Å². The molecular formula is C80H139NO8. The summed E-state index contributed by atoms with van der Waals surface area (Å²) in [5, 5.41) is 11.8. The molecule has 0 aliphatic rings. The Balaban J connectivity index is 3.98. The van der Waals surface area contributed by atoms with E-state index in [-0.39, 0.29) is 38.6 Å². The summed E-state index contributed by atoms with van der Waals surface area (Å²) in [5.74, 6) is -2.29. The fraction of sp³-hybridized carbons (Fsp3) is 0.738. The molecule has 0 heterocycles. The third-order valence-corrected chi connectivity index (χ3v) is 16.0. The molecule has 0 aromatic carbocycles. The Morgan fingerprint density at radius 3 is 0.899 bits per heavy atom. The van der Waals surface area contributed by atoms with Crippen molar-refractivity contribution in [2.45, 2.75) is 334 Å². The van der Waals surface area contributed by atoms with E-state index in [1.807, 2.05) is 21.1 Å². The second kappa shape index (κ2) is 69.8. The summed E-state index contributed by atoms with van der Waals surface area (Å²) in [6.07, 6.45) is 94.9. The van der Waals surface area contributed by atoms with Crippen LogP contribution in [0.1, 0.15) is 322 Å². The van der Waals surface area contributed by atoms with E-state index in [1.165, 1.54) is 186 Å². The second-order valence-electron chi connectivity index (χ2n) is 25.8. The van der Waals surface area contributed by atoms with E-state index in [0.717, 1.165) is 103 Å². The number of carboxylic acids is 1. The van der Waals surface area contributed by atoms with Crippen LogP contribution in [0.5, 0.6) is 0 Å². The van der Waals surface area contributed by atoms with E-state index >= 15 is 0 Å². The molecule has 0 spiro atoms. The third kappa shape index (κ3) is 71.3. The predicted octanol–water partition coefficient (Wildman–Crippen LogP) is 22.0. The first-order valence-corrected chi connectivity index (χ1v) is 37.0. The van der Waals surface area contributed by atoms with Crippen molar-refractivity contribution in [3.8, 4) is 0 Å². The van der Waals surface area contributed by atoms with Crippen molar-refractivity contribution in [2.75, 3.05) is 47.5 Å². The lowest BCUT2D eigenvalue weighted by Crippen LogP contribution is -2.44. The zero-order chi connectivity index (χ0) is 64.7. The number of aliphatic carboxylic acids is 1. The first-order valence-electron chi connectivity index (χ1n) is 37.0. The monoisotopic (exact) mass is 1240 g/mol. The van der Waals surface area contributed by atoms with Crippen LogP contribution in [0.4, 0.5) is 0 Å². The van der Waals surface area contributed by atoms with Crippen molar-refractivity contribution < 1.29 is 42.9 Å². The first kappa shape index (κ1) is 85.0. The lowest BCUT2D eigenvalue weighted by molar-refractivity contribution is -0.870. The SMILES string of the molecule is CC/C=C\C/C=C\C/C=C\C/C=C\C/C=C\CCCCCCCCCC(=O)OC(COC(=O)CCCCCCCCCCCCCCCCCCCCCCCCCCCCCC/C=C\C/C=C\C/C=C\C/C=C\CC)COC(OCC[N+](C)(C)C)C(=O)[O-]. The number of likely N-dealkylation sites (N-methyl/N-ethyl adjacent to an activating group) is 1. The molecule has 0 aliphatic heterocycles. The summed E-state index contributed by atoms with van der Waals surface area (Å²) in [7, 11) is 5.93. The maximum Gasteiger partial charge on any atom is 0.306 e. The minimum absolute atomic E-state index is 0.143. The molecule has 0 rings (SSSR count). The molecule has 2 unspecified atom stereocenters. The zero-order valence-corrected chi connectivity index (χ0v) is 58.5. The van der Waals surface area contributed by atoms with Crippen LogP contribution in [-0.4, -0.2) is 82.3 Å². The zero-order valence-electron chi connectivity index (χ0n) is 58.5. The van der Waals surface area contributed by atoms with Crippen LogP contribution in [-0.2, 0) is 33.3 Å². The van der Waals surface area contributed by atoms with Crippen LogP contribution in [0.15, 0.2) is 109 Å². The van der Waals surface area contributed by atoms with E-state index in [4.69, 9.17) is 18.9 Å². The van der Waals surface area contributed by atoms with Crippen LogP contribution < -0.4 is 5.11 Å². The number of esters is 2. The highest BCUT2D eigenvalue weighted by molar-refractivity contribution is 5.70. The molecule has 0 saturated heterocycles. The predicted molar refractivity (Wildman–Crippen MR) is 380 cm³/mol. The van der Waals surface area contributed by atoms with Gasteiger partial charge < -0.3 is 33.3 Å². The van der Waals surface area contributed by atoms with Crippen molar-refractivity contribution >= 4 is 17.9 Å². The van der Waals surface area contributed by atoms with Crippen molar-refractivity contribution in [2.24, 2.45) is 0 Å². The summed E-state index contributed by atoms with van der Waals surface area (Å²) >= 11 is 0. The Bertz CT molecular complexity index is 1830. The molecule has 9 nitrogen and oxygen atoms in total. The molecule has 9 heteroatoms. The van der Waals surface area contributed by atoms with Crippen LogP contribution in [0.3, 0.4) is 0 Å². The van der Waals surface area contributed by atoms with Gasteiger partial charge in [-0.1, -0.05) is 322 Å². The van der Waals surface area contributed by atoms with Gasteiger partial charge in [-0.05, 0) is 96.3 Å². The molecular weight excluding hydrogens is 1100 g/mol. The van der Waals surface area contributed by atoms with Gasteiger partial charge in [0.05, 0.1) is 40.3 Å².